The molecule has 0 fully saturated rings. The third kappa shape index (κ3) is 2.82. The van der Waals surface area contributed by atoms with Crippen LogP contribution in [0.4, 0.5) is 17.5 Å². The molecular weight excluding hydrogens is 298 g/mol. The van der Waals surface area contributed by atoms with E-state index in [1.54, 1.807) is 6.20 Å². The molecule has 6 nitrogen and oxygen atoms in total. The molecule has 2 aromatic rings. The Morgan fingerprint density at radius 3 is 2.91 bits per heavy atom. The summed E-state index contributed by atoms with van der Waals surface area (Å²) in [5, 5.41) is 0. The van der Waals surface area contributed by atoms with Gasteiger partial charge in [-0.3, -0.25) is 0 Å². The van der Waals surface area contributed by atoms with Gasteiger partial charge >= 0.3 is 0 Å². The van der Waals surface area contributed by atoms with Gasteiger partial charge in [-0.2, -0.15) is 4.98 Å². The fraction of sp³-hybridized carbons (Fsp3) is 0.333. The second-order valence-corrected chi connectivity index (χ2v) is 6.97. The summed E-state index contributed by atoms with van der Waals surface area (Å²) >= 11 is -0.911. The van der Waals surface area contributed by atoms with Crippen LogP contribution in [-0.2, 0) is 24.1 Å². The molecule has 4 N–H and O–H groups in total. The molecule has 7 heteroatoms. The van der Waals surface area contributed by atoms with Gasteiger partial charge in [-0.1, -0.05) is 0 Å². The van der Waals surface area contributed by atoms with Crippen LogP contribution in [-0.4, -0.2) is 26.8 Å². The maximum atomic E-state index is 11.9. The van der Waals surface area contributed by atoms with Crippen molar-refractivity contribution in [3.8, 4) is 0 Å². The summed E-state index contributed by atoms with van der Waals surface area (Å²) < 4.78 is 11.9. The highest BCUT2D eigenvalue weighted by molar-refractivity contribution is 7.91. The first kappa shape index (κ1) is 14.9. The van der Waals surface area contributed by atoms with Crippen LogP contribution in [0.25, 0.3) is 0 Å². The van der Waals surface area contributed by atoms with E-state index in [1.807, 2.05) is 19.1 Å². The average molecular weight is 317 g/mol. The summed E-state index contributed by atoms with van der Waals surface area (Å²) in [4.78, 5) is 11.1. The first-order valence-corrected chi connectivity index (χ1v) is 8.53. The first-order chi connectivity index (χ1) is 10.6. The lowest BCUT2D eigenvalue weighted by Crippen LogP contribution is -2.21. The molecule has 1 unspecified atom stereocenters. The van der Waals surface area contributed by atoms with Crippen molar-refractivity contribution in [1.29, 1.82) is 0 Å². The predicted octanol–water partition coefficient (Wildman–Crippen LogP) is 1.33. The SMILES string of the molecule is CC[S+]([O-])c1ccc2c(c1)CCN2Cc1cnc(N)nc1N. The number of rotatable bonds is 4. The number of hydrogen-bond acceptors (Lipinski definition) is 6. The standard InChI is InChI=1S/C15H19N5OS/c1-2-22(21)12-3-4-13-10(7-12)5-6-20(13)9-11-8-18-15(17)19-14(11)16/h3-4,7-8H,2,5-6,9H2,1H3,(H4,16,17,18,19). The molecule has 0 aliphatic carbocycles. The number of anilines is 3. The van der Waals surface area contributed by atoms with E-state index in [2.05, 4.69) is 20.9 Å². The highest BCUT2D eigenvalue weighted by Gasteiger charge is 2.22. The van der Waals surface area contributed by atoms with Gasteiger partial charge in [0.2, 0.25) is 5.95 Å². The van der Waals surface area contributed by atoms with Gasteiger partial charge in [0, 0.05) is 30.5 Å². The third-order valence-electron chi connectivity index (χ3n) is 3.85. The number of nitrogens with two attached hydrogens (primary N) is 2. The van der Waals surface area contributed by atoms with Gasteiger partial charge in [0.1, 0.15) is 11.6 Å². The second-order valence-electron chi connectivity index (χ2n) is 5.23. The van der Waals surface area contributed by atoms with Crippen LogP contribution < -0.4 is 16.4 Å². The zero-order valence-corrected chi connectivity index (χ0v) is 13.3. The Hall–Kier alpha value is -1.99. The molecule has 3 rings (SSSR count). The minimum absolute atomic E-state index is 0.190. The van der Waals surface area contributed by atoms with Gasteiger partial charge in [0.15, 0.2) is 4.90 Å². The van der Waals surface area contributed by atoms with Crippen LogP contribution in [0.5, 0.6) is 0 Å². The molecule has 1 atom stereocenters. The molecule has 1 aromatic carbocycles. The Bertz CT molecular complexity index is 694. The topological polar surface area (TPSA) is 104 Å². The van der Waals surface area contributed by atoms with Crippen molar-refractivity contribution in [3.05, 3.63) is 35.5 Å². The lowest BCUT2D eigenvalue weighted by Gasteiger charge is -2.20. The van der Waals surface area contributed by atoms with Crippen LogP contribution in [0.3, 0.4) is 0 Å². The van der Waals surface area contributed by atoms with Crippen LogP contribution in [0, 0.1) is 0 Å². The van der Waals surface area contributed by atoms with E-state index in [0.29, 0.717) is 18.1 Å². The van der Waals surface area contributed by atoms with Crippen LogP contribution in [0.1, 0.15) is 18.1 Å². The number of nitrogens with zero attached hydrogens (tertiary/aromatic N) is 3. The molecule has 0 bridgehead atoms. The number of nitrogen functional groups attached to an aromatic ring is 2. The van der Waals surface area contributed by atoms with E-state index in [9.17, 15) is 4.55 Å². The van der Waals surface area contributed by atoms with Crippen LogP contribution in [0.15, 0.2) is 29.3 Å². The molecule has 2 heterocycles. The quantitative estimate of drug-likeness (QED) is 0.824. The summed E-state index contributed by atoms with van der Waals surface area (Å²) in [7, 11) is 0. The minimum atomic E-state index is -0.911. The average Bonchev–Trinajstić information content (AvgIpc) is 2.91. The molecular formula is C15H19N5OS. The van der Waals surface area contributed by atoms with Crippen LogP contribution >= 0.6 is 0 Å². The van der Waals surface area contributed by atoms with Crippen molar-refractivity contribution in [1.82, 2.24) is 9.97 Å². The maximum Gasteiger partial charge on any atom is 0.221 e. The Morgan fingerprint density at radius 2 is 2.18 bits per heavy atom. The Labute approximate surface area is 132 Å². The van der Waals surface area contributed by atoms with E-state index in [-0.39, 0.29) is 5.95 Å². The molecule has 116 valence electrons. The summed E-state index contributed by atoms with van der Waals surface area (Å²) in [6, 6.07) is 6.04. The normalized spacial score (nSPS) is 14.9. The lowest BCUT2D eigenvalue weighted by molar-refractivity contribution is 0.596. The Kier molecular flexibility index (Phi) is 4.08. The van der Waals surface area contributed by atoms with Gasteiger partial charge in [-0.05, 0) is 48.3 Å². The fourth-order valence-electron chi connectivity index (χ4n) is 2.68. The maximum absolute atomic E-state index is 11.9. The largest absolute Gasteiger partial charge is 0.611 e. The van der Waals surface area contributed by atoms with E-state index in [0.717, 1.165) is 29.1 Å². The number of hydrogen-bond donors (Lipinski definition) is 2. The van der Waals surface area contributed by atoms with Crippen molar-refractivity contribution in [2.24, 2.45) is 0 Å². The van der Waals surface area contributed by atoms with E-state index >= 15 is 0 Å². The summed E-state index contributed by atoms with van der Waals surface area (Å²) in [6.45, 7) is 3.48. The Balaban J connectivity index is 1.82. The van der Waals surface area contributed by atoms with Gasteiger partial charge < -0.3 is 20.9 Å². The second kappa shape index (κ2) is 6.02. The number of fused-ring (bicyclic) bond motifs is 1. The molecule has 1 aliphatic rings. The van der Waals surface area contributed by atoms with E-state index < -0.39 is 11.2 Å². The summed E-state index contributed by atoms with van der Waals surface area (Å²) in [5.74, 6) is 1.25. The number of benzene rings is 1. The molecule has 0 radical (unpaired) electrons. The highest BCUT2D eigenvalue weighted by Crippen LogP contribution is 2.32. The van der Waals surface area contributed by atoms with Gasteiger partial charge in [0.05, 0.1) is 0 Å². The third-order valence-corrected chi connectivity index (χ3v) is 5.15. The van der Waals surface area contributed by atoms with Gasteiger partial charge in [-0.15, -0.1) is 0 Å². The lowest BCUT2D eigenvalue weighted by atomic mass is 10.2. The summed E-state index contributed by atoms with van der Waals surface area (Å²) in [5.41, 5.74) is 14.7. The van der Waals surface area contributed by atoms with Gasteiger partial charge in [0.25, 0.3) is 0 Å². The molecule has 1 aromatic heterocycles. The minimum Gasteiger partial charge on any atom is -0.611 e. The smallest absolute Gasteiger partial charge is 0.221 e. The van der Waals surface area contributed by atoms with E-state index in [4.69, 9.17) is 11.5 Å². The van der Waals surface area contributed by atoms with Crippen molar-refractivity contribution in [2.45, 2.75) is 24.8 Å². The van der Waals surface area contributed by atoms with Crippen molar-refractivity contribution >= 4 is 28.6 Å². The molecule has 0 saturated carbocycles. The zero-order valence-electron chi connectivity index (χ0n) is 12.5. The molecule has 0 saturated heterocycles. The molecule has 1 aliphatic heterocycles. The zero-order chi connectivity index (χ0) is 15.7. The number of aromatic nitrogens is 2. The highest BCUT2D eigenvalue weighted by atomic mass is 32.2. The Morgan fingerprint density at radius 1 is 1.36 bits per heavy atom. The monoisotopic (exact) mass is 317 g/mol. The molecule has 0 spiro atoms. The van der Waals surface area contributed by atoms with Crippen molar-refractivity contribution in [3.63, 3.8) is 0 Å². The van der Waals surface area contributed by atoms with Crippen molar-refractivity contribution in [2.75, 3.05) is 28.7 Å². The van der Waals surface area contributed by atoms with Crippen molar-refractivity contribution < 1.29 is 4.55 Å². The first-order valence-electron chi connectivity index (χ1n) is 7.21. The van der Waals surface area contributed by atoms with Crippen LogP contribution in [0.2, 0.25) is 0 Å². The van der Waals surface area contributed by atoms with E-state index in [1.165, 1.54) is 5.56 Å². The molecule has 22 heavy (non-hydrogen) atoms. The predicted molar refractivity (Wildman–Crippen MR) is 89.0 cm³/mol. The van der Waals surface area contributed by atoms with Gasteiger partial charge in [-0.25, -0.2) is 4.98 Å². The summed E-state index contributed by atoms with van der Waals surface area (Å²) in [6.07, 6.45) is 2.62. The molecule has 0 amide bonds. The fourth-order valence-corrected chi connectivity index (χ4v) is 3.51.